The highest BCUT2D eigenvalue weighted by Gasteiger charge is 2.34. The van der Waals surface area contributed by atoms with Crippen LogP contribution in [0.4, 0.5) is 28.4 Å². The molecule has 0 atom stereocenters. The Bertz CT molecular complexity index is 1010. The lowest BCUT2D eigenvalue weighted by atomic mass is 10.1. The molecular formula is C20H20F4N4O2S. The van der Waals surface area contributed by atoms with Gasteiger partial charge in [0.05, 0.1) is 19.3 Å². The molecule has 0 radical (unpaired) electrons. The predicted octanol–water partition coefficient (Wildman–Crippen LogP) is 6.08. The number of alkyl halides is 3. The molecule has 31 heavy (non-hydrogen) atoms. The van der Waals surface area contributed by atoms with E-state index in [0.717, 1.165) is 18.9 Å². The number of methoxy groups -OCH3 is 1. The van der Waals surface area contributed by atoms with E-state index < -0.39 is 16.9 Å². The first-order chi connectivity index (χ1) is 14.8. The van der Waals surface area contributed by atoms with Gasteiger partial charge in [0.25, 0.3) is 0 Å². The molecule has 0 saturated heterocycles. The number of thiazole rings is 1. The minimum atomic E-state index is -4.55. The molecule has 2 heterocycles. The molecule has 1 N–H and O–H groups in total. The maximum Gasteiger partial charge on any atom is 0.419 e. The number of anilines is 2. The van der Waals surface area contributed by atoms with Crippen molar-refractivity contribution < 1.29 is 27.0 Å². The SMILES string of the molecule is CCCCCOc1cc(Nc2nc(-c3cnc(OC)nc3)c(F)s2)ccc1C(F)(F)F. The number of benzene rings is 1. The van der Waals surface area contributed by atoms with Gasteiger partial charge in [-0.25, -0.2) is 15.0 Å². The topological polar surface area (TPSA) is 69.2 Å². The zero-order chi connectivity index (χ0) is 22.4. The zero-order valence-electron chi connectivity index (χ0n) is 16.8. The third-order valence-corrected chi connectivity index (χ3v) is 4.97. The van der Waals surface area contributed by atoms with E-state index in [9.17, 15) is 17.6 Å². The predicted molar refractivity (Wildman–Crippen MR) is 109 cm³/mol. The van der Waals surface area contributed by atoms with Gasteiger partial charge in [0, 0.05) is 29.7 Å². The summed E-state index contributed by atoms with van der Waals surface area (Å²) in [5.74, 6) is -0.283. The van der Waals surface area contributed by atoms with Crippen molar-refractivity contribution in [2.75, 3.05) is 19.0 Å². The fourth-order valence-corrected chi connectivity index (χ4v) is 3.42. The summed E-state index contributed by atoms with van der Waals surface area (Å²) in [4.78, 5) is 12.0. The summed E-state index contributed by atoms with van der Waals surface area (Å²) < 4.78 is 64.5. The Balaban J connectivity index is 1.81. The largest absolute Gasteiger partial charge is 0.493 e. The smallest absolute Gasteiger partial charge is 0.419 e. The fraction of sp³-hybridized carbons (Fsp3) is 0.350. The van der Waals surface area contributed by atoms with E-state index in [2.05, 4.69) is 20.3 Å². The molecule has 2 aromatic heterocycles. The molecule has 3 aromatic rings. The van der Waals surface area contributed by atoms with E-state index in [1.165, 1.54) is 31.6 Å². The van der Waals surface area contributed by atoms with Gasteiger partial charge in [0.15, 0.2) is 5.13 Å². The van der Waals surface area contributed by atoms with Crippen LogP contribution in [0.15, 0.2) is 30.6 Å². The van der Waals surface area contributed by atoms with Crippen LogP contribution in [0, 0.1) is 5.13 Å². The second-order valence-corrected chi connectivity index (χ2v) is 7.44. The Morgan fingerprint density at radius 3 is 2.52 bits per heavy atom. The van der Waals surface area contributed by atoms with Gasteiger partial charge in [0.1, 0.15) is 11.4 Å². The maximum absolute atomic E-state index is 14.4. The van der Waals surface area contributed by atoms with Crippen molar-refractivity contribution >= 4 is 22.2 Å². The Labute approximate surface area is 180 Å². The molecule has 0 aliphatic rings. The van der Waals surface area contributed by atoms with Gasteiger partial charge in [0.2, 0.25) is 5.13 Å². The number of ether oxygens (including phenoxy) is 2. The molecule has 0 amide bonds. The standard InChI is InChI=1S/C20H20F4N4O2S/c1-3-4-5-8-30-15-9-13(6-7-14(15)20(22,23)24)27-19-28-16(17(21)31-19)12-10-25-18(29-2)26-11-12/h6-7,9-11H,3-5,8H2,1-2H3,(H,27,28). The second-order valence-electron chi connectivity index (χ2n) is 6.49. The molecule has 0 bridgehead atoms. The van der Waals surface area contributed by atoms with E-state index in [1.807, 2.05) is 6.92 Å². The van der Waals surface area contributed by atoms with Gasteiger partial charge in [-0.15, -0.1) is 0 Å². The molecule has 0 aliphatic heterocycles. The van der Waals surface area contributed by atoms with Gasteiger partial charge in [-0.05, 0) is 18.6 Å². The van der Waals surface area contributed by atoms with Crippen molar-refractivity contribution in [3.8, 4) is 23.0 Å². The van der Waals surface area contributed by atoms with Gasteiger partial charge >= 0.3 is 12.2 Å². The molecule has 0 aliphatic carbocycles. The number of rotatable bonds is 9. The first kappa shape index (κ1) is 22.7. The number of nitrogens with one attached hydrogen (secondary N) is 1. The van der Waals surface area contributed by atoms with E-state index in [0.29, 0.717) is 29.0 Å². The van der Waals surface area contributed by atoms with Crippen LogP contribution in [0.5, 0.6) is 11.8 Å². The van der Waals surface area contributed by atoms with Crippen LogP contribution in [0.3, 0.4) is 0 Å². The van der Waals surface area contributed by atoms with E-state index in [1.54, 1.807) is 0 Å². The third kappa shape index (κ3) is 5.81. The molecule has 3 rings (SSSR count). The second kappa shape index (κ2) is 9.90. The van der Waals surface area contributed by atoms with Gasteiger partial charge < -0.3 is 14.8 Å². The van der Waals surface area contributed by atoms with Crippen molar-refractivity contribution in [3.05, 3.63) is 41.3 Å². The lowest BCUT2D eigenvalue weighted by Gasteiger charge is -2.15. The van der Waals surface area contributed by atoms with Gasteiger partial charge in [-0.3, -0.25) is 0 Å². The monoisotopic (exact) mass is 456 g/mol. The van der Waals surface area contributed by atoms with E-state index in [4.69, 9.17) is 9.47 Å². The summed E-state index contributed by atoms with van der Waals surface area (Å²) in [7, 11) is 1.41. The van der Waals surface area contributed by atoms with Crippen LogP contribution in [0.1, 0.15) is 31.7 Å². The van der Waals surface area contributed by atoms with Gasteiger partial charge in [-0.2, -0.15) is 17.6 Å². The molecule has 11 heteroatoms. The molecule has 6 nitrogen and oxygen atoms in total. The van der Waals surface area contributed by atoms with Crippen LogP contribution < -0.4 is 14.8 Å². The molecule has 1 aromatic carbocycles. The minimum absolute atomic E-state index is 0.0260. The van der Waals surface area contributed by atoms with E-state index >= 15 is 0 Å². The van der Waals surface area contributed by atoms with Crippen molar-refractivity contribution in [3.63, 3.8) is 0 Å². The highest BCUT2D eigenvalue weighted by atomic mass is 32.1. The maximum atomic E-state index is 14.4. The molecular weight excluding hydrogens is 436 g/mol. The average Bonchev–Trinajstić information content (AvgIpc) is 3.10. The normalized spacial score (nSPS) is 11.4. The number of hydrogen-bond acceptors (Lipinski definition) is 7. The van der Waals surface area contributed by atoms with Crippen LogP contribution in [-0.2, 0) is 6.18 Å². The molecule has 0 unspecified atom stereocenters. The van der Waals surface area contributed by atoms with Gasteiger partial charge in [-0.1, -0.05) is 31.1 Å². The number of halogens is 4. The van der Waals surface area contributed by atoms with Crippen molar-refractivity contribution in [1.82, 2.24) is 15.0 Å². The Kier molecular flexibility index (Phi) is 7.26. The zero-order valence-corrected chi connectivity index (χ0v) is 17.6. The third-order valence-electron chi connectivity index (χ3n) is 4.21. The molecule has 0 saturated carbocycles. The fourth-order valence-electron chi connectivity index (χ4n) is 2.69. The number of hydrogen-bond donors (Lipinski definition) is 1. The summed E-state index contributed by atoms with van der Waals surface area (Å²) in [5, 5.41) is 2.42. The Morgan fingerprint density at radius 1 is 1.13 bits per heavy atom. The van der Waals surface area contributed by atoms with Crippen LogP contribution >= 0.6 is 11.3 Å². The molecule has 0 spiro atoms. The van der Waals surface area contributed by atoms with Crippen LogP contribution in [-0.4, -0.2) is 28.7 Å². The van der Waals surface area contributed by atoms with E-state index in [-0.39, 0.29) is 29.2 Å². The van der Waals surface area contributed by atoms with Crippen molar-refractivity contribution in [2.45, 2.75) is 32.4 Å². The number of nitrogens with zero attached hydrogens (tertiary/aromatic N) is 3. The van der Waals surface area contributed by atoms with Crippen molar-refractivity contribution in [1.29, 1.82) is 0 Å². The Morgan fingerprint density at radius 2 is 1.87 bits per heavy atom. The van der Waals surface area contributed by atoms with Crippen molar-refractivity contribution in [2.24, 2.45) is 0 Å². The summed E-state index contributed by atoms with van der Waals surface area (Å²) in [6, 6.07) is 3.55. The first-order valence-corrected chi connectivity index (χ1v) is 10.3. The average molecular weight is 456 g/mol. The summed E-state index contributed by atoms with van der Waals surface area (Å²) >= 11 is 0.715. The summed E-state index contributed by atoms with van der Waals surface area (Å²) in [5.41, 5.74) is -0.200. The first-order valence-electron chi connectivity index (χ1n) is 9.45. The summed E-state index contributed by atoms with van der Waals surface area (Å²) in [6.07, 6.45) is 0.621. The molecule has 166 valence electrons. The Hall–Kier alpha value is -2.95. The quantitative estimate of drug-likeness (QED) is 0.311. The van der Waals surface area contributed by atoms with Crippen LogP contribution in [0.2, 0.25) is 0 Å². The lowest BCUT2D eigenvalue weighted by molar-refractivity contribution is -0.138. The molecule has 0 fully saturated rings. The summed E-state index contributed by atoms with van der Waals surface area (Å²) in [6.45, 7) is 2.17. The van der Waals surface area contributed by atoms with Crippen LogP contribution in [0.25, 0.3) is 11.3 Å². The lowest BCUT2D eigenvalue weighted by Crippen LogP contribution is -2.10. The highest BCUT2D eigenvalue weighted by Crippen LogP contribution is 2.39. The number of aromatic nitrogens is 3. The number of unbranched alkanes of at least 4 members (excludes halogenated alkanes) is 2. The minimum Gasteiger partial charge on any atom is -0.493 e. The highest BCUT2D eigenvalue weighted by molar-refractivity contribution is 7.14.